The van der Waals surface area contributed by atoms with Gasteiger partial charge in [0.1, 0.15) is 0 Å². The summed E-state index contributed by atoms with van der Waals surface area (Å²) in [6, 6.07) is 8.04. The Morgan fingerprint density at radius 2 is 1.52 bits per heavy atom. The van der Waals surface area contributed by atoms with Crippen LogP contribution in [0.1, 0.15) is 20.3 Å². The summed E-state index contributed by atoms with van der Waals surface area (Å²) in [4.78, 5) is 16.1. The minimum absolute atomic E-state index is 0. The smallest absolute Gasteiger partial charge is 0.870 e. The molecule has 21 heavy (non-hydrogen) atoms. The van der Waals surface area contributed by atoms with E-state index in [9.17, 15) is 4.79 Å². The van der Waals surface area contributed by atoms with Crippen LogP contribution in [0, 0.1) is 0 Å². The molecule has 0 unspecified atom stereocenters. The van der Waals surface area contributed by atoms with E-state index in [-0.39, 0.29) is 22.3 Å². The van der Waals surface area contributed by atoms with E-state index >= 15 is 0 Å². The van der Waals surface area contributed by atoms with Crippen LogP contribution in [0.3, 0.4) is 0 Å². The van der Waals surface area contributed by atoms with E-state index in [1.54, 1.807) is 4.90 Å². The zero-order valence-corrected chi connectivity index (χ0v) is 14.9. The van der Waals surface area contributed by atoms with E-state index in [0.29, 0.717) is 6.42 Å². The van der Waals surface area contributed by atoms with Gasteiger partial charge in [-0.15, -0.1) is 0 Å². The Morgan fingerprint density at radius 1 is 1.05 bits per heavy atom. The predicted octanol–water partition coefficient (Wildman–Crippen LogP) is 0.645. The summed E-state index contributed by atoms with van der Waals surface area (Å²) in [5.74, 6) is 0.172. The van der Waals surface area contributed by atoms with Crippen molar-refractivity contribution in [2.75, 3.05) is 31.6 Å². The van der Waals surface area contributed by atoms with E-state index in [1.165, 1.54) is 4.40 Å². The second-order valence-corrected chi connectivity index (χ2v) is 5.49. The van der Waals surface area contributed by atoms with E-state index in [1.807, 2.05) is 47.8 Å². The van der Waals surface area contributed by atoms with Crippen LogP contribution in [-0.4, -0.2) is 70.4 Å². The van der Waals surface area contributed by atoms with Crippen molar-refractivity contribution in [2.24, 2.45) is 0 Å². The van der Waals surface area contributed by atoms with Crippen molar-refractivity contribution in [3.63, 3.8) is 0 Å². The van der Waals surface area contributed by atoms with Gasteiger partial charge in [0.25, 0.3) is 0 Å². The van der Waals surface area contributed by atoms with Crippen molar-refractivity contribution in [2.45, 2.75) is 20.3 Å². The zero-order chi connectivity index (χ0) is 13.5. The van der Waals surface area contributed by atoms with Crippen molar-refractivity contribution in [1.82, 2.24) is 4.90 Å². The molecule has 0 saturated heterocycles. The Morgan fingerprint density at radius 3 is 1.95 bits per heavy atom. The van der Waals surface area contributed by atoms with Gasteiger partial charge in [-0.1, -0.05) is 0 Å². The van der Waals surface area contributed by atoms with Gasteiger partial charge in [0.05, 0.1) is 0 Å². The Bertz CT molecular complexity index is 383. The van der Waals surface area contributed by atoms with E-state index in [2.05, 4.69) is 18.7 Å². The molecule has 7 heteroatoms. The first kappa shape index (κ1) is 25.1. The van der Waals surface area contributed by atoms with E-state index in [0.717, 1.165) is 25.3 Å². The normalized spacial score (nSPS) is 9.24. The van der Waals surface area contributed by atoms with Gasteiger partial charge < -0.3 is 16.4 Å². The van der Waals surface area contributed by atoms with Crippen LogP contribution in [0.2, 0.25) is 0 Å². The van der Waals surface area contributed by atoms with Crippen LogP contribution in [0.5, 0.6) is 0 Å². The first-order chi connectivity index (χ1) is 8.58. The van der Waals surface area contributed by atoms with Crippen LogP contribution in [0.25, 0.3) is 0 Å². The van der Waals surface area contributed by atoms with Gasteiger partial charge in [0, 0.05) is 0 Å². The standard InChI is InChI=1S/C14H21GeN2O.3H2O/c1-4-17(5-2)11-10-14(18)16(3)13-8-6-12(15)7-9-13;;;/h6-9H,4-5,10-11H2,1-3H3;3*1H2/q+3;;;/p-3. The molecule has 0 aliphatic heterocycles. The van der Waals surface area contributed by atoms with Crippen molar-refractivity contribution in [1.29, 1.82) is 0 Å². The van der Waals surface area contributed by atoms with E-state index < -0.39 is 0 Å². The predicted molar refractivity (Wildman–Crippen MR) is 83.5 cm³/mol. The fourth-order valence-corrected chi connectivity index (χ4v) is 2.14. The van der Waals surface area contributed by atoms with Crippen LogP contribution in [0.15, 0.2) is 24.3 Å². The molecule has 0 aromatic heterocycles. The van der Waals surface area contributed by atoms with Crippen molar-refractivity contribution >= 4 is 32.5 Å². The molecule has 0 saturated carbocycles. The number of carbonyl (C=O) groups is 1. The summed E-state index contributed by atoms with van der Waals surface area (Å²) in [7, 11) is 1.84. The number of rotatable bonds is 6. The number of hydrogen-bond acceptors (Lipinski definition) is 5. The minimum Gasteiger partial charge on any atom is -0.870 e. The summed E-state index contributed by atoms with van der Waals surface area (Å²) in [6.07, 6.45) is 0.575. The molecule has 118 valence electrons. The molecule has 0 fully saturated rings. The first-order valence-corrected chi connectivity index (χ1v) is 7.44. The van der Waals surface area contributed by atoms with Crippen molar-refractivity contribution in [3.8, 4) is 0 Å². The molecule has 0 aliphatic carbocycles. The fraction of sp³-hybridized carbons (Fsp3) is 0.500. The number of carbonyl (C=O) groups excluding carboxylic acids is 1. The maximum Gasteiger partial charge on any atom is -0.870 e. The van der Waals surface area contributed by atoms with Crippen LogP contribution < -0.4 is 9.30 Å². The molecule has 0 atom stereocenters. The zero-order valence-electron chi connectivity index (χ0n) is 12.8. The molecule has 0 radical (unpaired) electrons. The van der Waals surface area contributed by atoms with Crippen LogP contribution in [-0.2, 0) is 4.79 Å². The Labute approximate surface area is 135 Å². The average Bonchev–Trinajstić information content (AvgIpc) is 2.39. The van der Waals surface area contributed by atoms with Crippen LogP contribution >= 0.6 is 0 Å². The molecule has 0 bridgehead atoms. The Balaban J connectivity index is -0.00000108. The number of amides is 1. The molecule has 1 amide bonds. The van der Waals surface area contributed by atoms with Gasteiger partial charge in [-0.3, -0.25) is 0 Å². The molecule has 6 nitrogen and oxygen atoms in total. The quantitative estimate of drug-likeness (QED) is 0.694. The number of anilines is 1. The molecule has 1 rings (SSSR count). The summed E-state index contributed by atoms with van der Waals surface area (Å²) in [6.45, 7) is 7.08. The second-order valence-electron chi connectivity index (χ2n) is 4.28. The summed E-state index contributed by atoms with van der Waals surface area (Å²) < 4.78 is 1.21. The summed E-state index contributed by atoms with van der Waals surface area (Å²) in [5, 5.41) is 0. The average molecular weight is 357 g/mol. The fourth-order valence-electron chi connectivity index (χ4n) is 1.79. The molecule has 0 heterocycles. The Hall–Kier alpha value is -0.927. The molecule has 0 aliphatic rings. The van der Waals surface area contributed by atoms with Gasteiger partial charge in [0.15, 0.2) is 0 Å². The molecular formula is C14H24GeN2O4. The SMILES string of the molecule is CCN(CC)CCC(=O)N(C)c1cc[c]([Ge+3])cc1.[OH-].[OH-].[OH-]. The first-order valence-electron chi connectivity index (χ1n) is 6.39. The number of benzene rings is 1. The third-order valence-corrected chi connectivity index (χ3v) is 3.86. The maximum atomic E-state index is 12.1. The van der Waals surface area contributed by atoms with Crippen molar-refractivity contribution < 1.29 is 21.2 Å². The van der Waals surface area contributed by atoms with Gasteiger partial charge in [-0.25, -0.2) is 0 Å². The molecule has 1 aromatic carbocycles. The Kier molecular flexibility index (Phi) is 15.3. The topological polar surface area (TPSA) is 114 Å². The monoisotopic (exact) mass is 358 g/mol. The molecular weight excluding hydrogens is 333 g/mol. The summed E-state index contributed by atoms with van der Waals surface area (Å²) >= 11 is 2.05. The van der Waals surface area contributed by atoms with Gasteiger partial charge in [-0.05, 0) is 0 Å². The largest absolute Gasteiger partial charge is 0.870 e. The van der Waals surface area contributed by atoms with Crippen LogP contribution in [0.4, 0.5) is 5.69 Å². The van der Waals surface area contributed by atoms with Crippen molar-refractivity contribution in [3.05, 3.63) is 24.3 Å². The number of nitrogens with zero attached hydrogens (tertiary/aromatic N) is 2. The third-order valence-electron chi connectivity index (χ3n) is 3.17. The van der Waals surface area contributed by atoms with Gasteiger partial charge in [0.2, 0.25) is 0 Å². The van der Waals surface area contributed by atoms with E-state index in [4.69, 9.17) is 0 Å². The summed E-state index contributed by atoms with van der Waals surface area (Å²) in [5.41, 5.74) is 0.963. The minimum atomic E-state index is 0. The van der Waals surface area contributed by atoms with Gasteiger partial charge in [-0.2, -0.15) is 0 Å². The third kappa shape index (κ3) is 8.18. The van der Waals surface area contributed by atoms with Gasteiger partial charge >= 0.3 is 118 Å². The molecule has 1 aromatic rings. The molecule has 0 spiro atoms. The number of hydrogen-bond donors (Lipinski definition) is 0. The second kappa shape index (κ2) is 12.8. The maximum absolute atomic E-state index is 12.1. The molecule has 3 N–H and O–H groups in total.